The zero-order chi connectivity index (χ0) is 16.8. The highest BCUT2D eigenvalue weighted by Crippen LogP contribution is 2.11. The molecule has 2 aromatic carbocycles. The van der Waals surface area contributed by atoms with E-state index in [1.807, 2.05) is 39.0 Å². The Morgan fingerprint density at radius 1 is 1.09 bits per heavy atom. The minimum atomic E-state index is -0.0942. The average molecular weight is 308 g/mol. The molecule has 0 saturated carbocycles. The molecule has 0 aromatic heterocycles. The van der Waals surface area contributed by atoms with E-state index in [0.717, 1.165) is 34.4 Å². The number of carbonyl (C=O) groups excluding carboxylic acids is 1. The molecular weight excluding hydrogens is 284 g/mol. The van der Waals surface area contributed by atoms with Crippen LogP contribution in [0.1, 0.15) is 41.7 Å². The van der Waals surface area contributed by atoms with Crippen LogP contribution in [0.3, 0.4) is 0 Å². The van der Waals surface area contributed by atoms with Crippen molar-refractivity contribution < 1.29 is 4.79 Å². The van der Waals surface area contributed by atoms with Gasteiger partial charge in [-0.15, -0.1) is 0 Å². The summed E-state index contributed by atoms with van der Waals surface area (Å²) in [5.74, 6) is -0.0942. The second kappa shape index (κ2) is 7.73. The van der Waals surface area contributed by atoms with Crippen LogP contribution < -0.4 is 5.43 Å². The number of nitrogens with zero attached hydrogens (tertiary/aromatic N) is 1. The minimum Gasteiger partial charge on any atom is -0.273 e. The normalized spacial score (nSPS) is 11.4. The second-order valence-corrected chi connectivity index (χ2v) is 5.89. The van der Waals surface area contributed by atoms with Crippen LogP contribution >= 0.6 is 0 Å². The first-order chi connectivity index (χ1) is 11.0. The second-order valence-electron chi connectivity index (χ2n) is 5.89. The van der Waals surface area contributed by atoms with E-state index in [4.69, 9.17) is 0 Å². The highest BCUT2D eigenvalue weighted by molar-refractivity contribution is 5.99. The highest BCUT2D eigenvalue weighted by atomic mass is 16.2. The molecule has 0 atom stereocenters. The molecule has 0 fully saturated rings. The van der Waals surface area contributed by atoms with E-state index in [1.165, 1.54) is 5.56 Å². The Bertz CT molecular complexity index is 715. The molecule has 0 aliphatic heterocycles. The molecule has 3 heteroatoms. The van der Waals surface area contributed by atoms with Gasteiger partial charge in [-0.2, -0.15) is 5.10 Å². The summed E-state index contributed by atoms with van der Waals surface area (Å²) < 4.78 is 0. The van der Waals surface area contributed by atoms with E-state index in [9.17, 15) is 4.79 Å². The van der Waals surface area contributed by atoms with Crippen LogP contribution in [0.2, 0.25) is 0 Å². The minimum absolute atomic E-state index is 0.0942. The molecule has 0 radical (unpaired) electrons. The third-order valence-corrected chi connectivity index (χ3v) is 3.98. The molecule has 0 unspecified atom stereocenters. The Morgan fingerprint density at radius 2 is 1.78 bits per heavy atom. The summed E-state index contributed by atoms with van der Waals surface area (Å²) in [5, 5.41) is 4.22. The van der Waals surface area contributed by atoms with E-state index in [-0.39, 0.29) is 5.91 Å². The predicted molar refractivity (Wildman–Crippen MR) is 95.8 cm³/mol. The van der Waals surface area contributed by atoms with Crippen molar-refractivity contribution in [2.75, 3.05) is 0 Å². The average Bonchev–Trinajstić information content (AvgIpc) is 2.56. The van der Waals surface area contributed by atoms with Gasteiger partial charge in [0.2, 0.25) is 5.91 Å². The Morgan fingerprint density at radius 3 is 2.43 bits per heavy atom. The zero-order valence-corrected chi connectivity index (χ0v) is 14.3. The van der Waals surface area contributed by atoms with Crippen LogP contribution in [0.5, 0.6) is 0 Å². The molecule has 0 heterocycles. The van der Waals surface area contributed by atoms with Gasteiger partial charge in [0.15, 0.2) is 0 Å². The summed E-state index contributed by atoms with van der Waals surface area (Å²) in [5.41, 5.74) is 9.11. The van der Waals surface area contributed by atoms with Gasteiger partial charge in [0.05, 0.1) is 12.1 Å². The Labute approximate surface area is 138 Å². The molecule has 2 aromatic rings. The standard InChI is InChI=1S/C20H24N2O/c1-5-17-8-10-18(11-9-17)16(4)21-22-20(23)13-19-12-14(2)6-7-15(19)3/h6-12H,5,13H2,1-4H3,(H,22,23)/b21-16-. The molecule has 0 aliphatic carbocycles. The van der Waals surface area contributed by atoms with Gasteiger partial charge in [0, 0.05) is 0 Å². The van der Waals surface area contributed by atoms with E-state index < -0.39 is 0 Å². The van der Waals surface area contributed by atoms with E-state index in [2.05, 4.69) is 41.7 Å². The number of amides is 1. The fraction of sp³-hybridized carbons (Fsp3) is 0.300. The van der Waals surface area contributed by atoms with Crippen molar-refractivity contribution in [2.45, 2.75) is 40.5 Å². The number of hydrogen-bond donors (Lipinski definition) is 1. The fourth-order valence-electron chi connectivity index (χ4n) is 2.40. The summed E-state index contributed by atoms with van der Waals surface area (Å²) in [4.78, 5) is 12.1. The number of nitrogens with one attached hydrogen (secondary N) is 1. The molecule has 1 N–H and O–H groups in total. The predicted octanol–water partition coefficient (Wildman–Crippen LogP) is 3.95. The van der Waals surface area contributed by atoms with Gasteiger partial charge in [-0.3, -0.25) is 4.79 Å². The zero-order valence-electron chi connectivity index (χ0n) is 14.3. The van der Waals surface area contributed by atoms with Crippen LogP contribution in [0.25, 0.3) is 0 Å². The lowest BCUT2D eigenvalue weighted by molar-refractivity contribution is -0.120. The van der Waals surface area contributed by atoms with Crippen LogP contribution in [0.15, 0.2) is 47.6 Å². The van der Waals surface area contributed by atoms with E-state index in [0.29, 0.717) is 6.42 Å². The summed E-state index contributed by atoms with van der Waals surface area (Å²) >= 11 is 0. The first kappa shape index (κ1) is 16.9. The number of hydrazone groups is 1. The Kier molecular flexibility index (Phi) is 5.69. The molecule has 3 nitrogen and oxygen atoms in total. The summed E-state index contributed by atoms with van der Waals surface area (Å²) in [6.07, 6.45) is 1.36. The smallest absolute Gasteiger partial charge is 0.244 e. The van der Waals surface area contributed by atoms with Gasteiger partial charge in [0.1, 0.15) is 0 Å². The van der Waals surface area contributed by atoms with Crippen molar-refractivity contribution >= 4 is 11.6 Å². The van der Waals surface area contributed by atoms with Gasteiger partial charge in [-0.05, 0) is 49.4 Å². The monoisotopic (exact) mass is 308 g/mol. The van der Waals surface area contributed by atoms with Crippen molar-refractivity contribution in [1.29, 1.82) is 0 Å². The number of benzene rings is 2. The summed E-state index contributed by atoms with van der Waals surface area (Å²) in [6, 6.07) is 14.4. The lowest BCUT2D eigenvalue weighted by Gasteiger charge is -2.07. The third-order valence-electron chi connectivity index (χ3n) is 3.98. The fourth-order valence-corrected chi connectivity index (χ4v) is 2.40. The molecular formula is C20H24N2O. The lowest BCUT2D eigenvalue weighted by atomic mass is 10.0. The third kappa shape index (κ3) is 4.78. The largest absolute Gasteiger partial charge is 0.273 e. The maximum absolute atomic E-state index is 12.1. The molecule has 0 aliphatic rings. The molecule has 0 saturated heterocycles. The van der Waals surface area contributed by atoms with Gasteiger partial charge < -0.3 is 0 Å². The van der Waals surface area contributed by atoms with Crippen LogP contribution in [-0.4, -0.2) is 11.6 Å². The number of hydrogen-bond acceptors (Lipinski definition) is 2. The van der Waals surface area contributed by atoms with Gasteiger partial charge in [0.25, 0.3) is 0 Å². The first-order valence-electron chi connectivity index (χ1n) is 7.98. The molecule has 23 heavy (non-hydrogen) atoms. The van der Waals surface area contributed by atoms with E-state index >= 15 is 0 Å². The molecule has 1 amide bonds. The molecule has 0 spiro atoms. The number of rotatable bonds is 5. The number of aryl methyl sites for hydroxylation is 3. The van der Waals surface area contributed by atoms with Crippen molar-refractivity contribution in [3.63, 3.8) is 0 Å². The molecule has 120 valence electrons. The maximum Gasteiger partial charge on any atom is 0.244 e. The Balaban J connectivity index is 2.00. The van der Waals surface area contributed by atoms with Crippen molar-refractivity contribution in [3.05, 3.63) is 70.3 Å². The van der Waals surface area contributed by atoms with Crippen LogP contribution in [0.4, 0.5) is 0 Å². The van der Waals surface area contributed by atoms with E-state index in [1.54, 1.807) is 0 Å². The quantitative estimate of drug-likeness (QED) is 0.659. The summed E-state index contributed by atoms with van der Waals surface area (Å²) in [7, 11) is 0. The summed E-state index contributed by atoms with van der Waals surface area (Å²) in [6.45, 7) is 8.08. The van der Waals surface area contributed by atoms with Gasteiger partial charge >= 0.3 is 0 Å². The highest BCUT2D eigenvalue weighted by Gasteiger charge is 2.06. The molecule has 0 bridgehead atoms. The van der Waals surface area contributed by atoms with Crippen molar-refractivity contribution in [3.8, 4) is 0 Å². The number of carbonyl (C=O) groups is 1. The molecule has 2 rings (SSSR count). The lowest BCUT2D eigenvalue weighted by Crippen LogP contribution is -2.21. The van der Waals surface area contributed by atoms with Crippen molar-refractivity contribution in [2.24, 2.45) is 5.10 Å². The Hall–Kier alpha value is -2.42. The maximum atomic E-state index is 12.1. The first-order valence-corrected chi connectivity index (χ1v) is 7.98. The SMILES string of the molecule is CCc1ccc(/C(C)=N\NC(=O)Cc2cc(C)ccc2C)cc1. The van der Waals surface area contributed by atoms with Gasteiger partial charge in [-0.1, -0.05) is 55.0 Å². The van der Waals surface area contributed by atoms with Crippen LogP contribution in [0, 0.1) is 13.8 Å². The topological polar surface area (TPSA) is 41.5 Å². The van der Waals surface area contributed by atoms with Crippen molar-refractivity contribution in [1.82, 2.24) is 5.43 Å². The van der Waals surface area contributed by atoms with Gasteiger partial charge in [-0.25, -0.2) is 5.43 Å². The van der Waals surface area contributed by atoms with Crippen LogP contribution in [-0.2, 0) is 17.6 Å².